The highest BCUT2D eigenvalue weighted by Crippen LogP contribution is 2.06. The molecule has 0 spiro atoms. The molecule has 1 aromatic carbocycles. The Morgan fingerprint density at radius 1 is 1.03 bits per heavy atom. The number of aryl methyl sites for hydroxylation is 1. The molecule has 6 nitrogen and oxygen atoms in total. The lowest BCUT2D eigenvalue weighted by Crippen LogP contribution is -2.52. The van der Waals surface area contributed by atoms with Crippen molar-refractivity contribution in [3.05, 3.63) is 76.2 Å². The normalized spacial score (nSPS) is 15.4. The minimum absolute atomic E-state index is 0.0818. The van der Waals surface area contributed by atoms with Crippen LogP contribution in [0.5, 0.6) is 0 Å². The second kappa shape index (κ2) is 12.9. The van der Waals surface area contributed by atoms with Crippen molar-refractivity contribution in [2.45, 2.75) is 33.2 Å². The maximum Gasteiger partial charge on any atom is 0.250 e. The summed E-state index contributed by atoms with van der Waals surface area (Å²) < 4.78 is 1.85. The molecule has 0 atom stereocenters. The van der Waals surface area contributed by atoms with Gasteiger partial charge in [0.1, 0.15) is 0 Å². The average Bonchev–Trinajstić information content (AvgIpc) is 2.81. The van der Waals surface area contributed by atoms with E-state index in [9.17, 15) is 4.79 Å². The largest absolute Gasteiger partial charge is 0.357 e. The van der Waals surface area contributed by atoms with Crippen LogP contribution in [-0.4, -0.2) is 66.1 Å². The summed E-state index contributed by atoms with van der Waals surface area (Å²) in [6, 6.07) is 15.9. The van der Waals surface area contributed by atoms with Gasteiger partial charge in [0.15, 0.2) is 5.96 Å². The molecule has 0 aliphatic carbocycles. The number of piperazine rings is 1. The average molecular weight is 436 g/mol. The van der Waals surface area contributed by atoms with E-state index in [1.807, 2.05) is 29.7 Å². The molecule has 1 aliphatic heterocycles. The zero-order valence-corrected chi connectivity index (χ0v) is 19.5. The molecule has 6 heteroatoms. The van der Waals surface area contributed by atoms with E-state index < -0.39 is 0 Å². The van der Waals surface area contributed by atoms with Crippen LogP contribution in [0.2, 0.25) is 0 Å². The van der Waals surface area contributed by atoms with Crippen LogP contribution in [-0.2, 0) is 6.54 Å². The Bertz CT molecular complexity index is 927. The first-order valence-corrected chi connectivity index (χ1v) is 11.8. The maximum absolute atomic E-state index is 12.0. The molecule has 1 aromatic heterocycles. The van der Waals surface area contributed by atoms with Gasteiger partial charge in [0.25, 0.3) is 5.56 Å². The summed E-state index contributed by atoms with van der Waals surface area (Å²) in [4.78, 5) is 21.7. The van der Waals surface area contributed by atoms with Crippen LogP contribution >= 0.6 is 0 Å². The van der Waals surface area contributed by atoms with Gasteiger partial charge in [0, 0.05) is 64.1 Å². The lowest BCUT2D eigenvalue weighted by atomic mass is 10.2. The third-order valence-corrected chi connectivity index (χ3v) is 5.80. The Morgan fingerprint density at radius 2 is 1.81 bits per heavy atom. The van der Waals surface area contributed by atoms with E-state index in [0.717, 1.165) is 76.9 Å². The first-order chi connectivity index (χ1) is 15.7. The molecule has 1 saturated heterocycles. The predicted molar refractivity (Wildman–Crippen MR) is 134 cm³/mol. The number of hydrogen-bond donors (Lipinski definition) is 1. The van der Waals surface area contributed by atoms with Crippen molar-refractivity contribution in [1.29, 1.82) is 0 Å². The van der Waals surface area contributed by atoms with Crippen LogP contribution in [0.25, 0.3) is 6.08 Å². The quantitative estimate of drug-likeness (QED) is 0.373. The number of hydrogen-bond acceptors (Lipinski definition) is 3. The first-order valence-electron chi connectivity index (χ1n) is 11.8. The van der Waals surface area contributed by atoms with Gasteiger partial charge in [-0.05, 0) is 38.3 Å². The summed E-state index contributed by atoms with van der Waals surface area (Å²) in [6.45, 7) is 11.6. The van der Waals surface area contributed by atoms with E-state index in [1.165, 1.54) is 5.56 Å². The predicted octanol–water partition coefficient (Wildman–Crippen LogP) is 3.23. The molecule has 0 bridgehead atoms. The van der Waals surface area contributed by atoms with Crippen LogP contribution in [0.4, 0.5) is 0 Å². The molecular formula is C26H37N5O. The molecule has 172 valence electrons. The second-order valence-corrected chi connectivity index (χ2v) is 8.20. The van der Waals surface area contributed by atoms with Crippen molar-refractivity contribution in [1.82, 2.24) is 19.7 Å². The Hall–Kier alpha value is -2.86. The molecule has 2 heterocycles. The summed E-state index contributed by atoms with van der Waals surface area (Å²) >= 11 is 0. The van der Waals surface area contributed by atoms with Gasteiger partial charge in [0.05, 0.1) is 0 Å². The molecule has 3 rings (SSSR count). The van der Waals surface area contributed by atoms with Gasteiger partial charge in [0.2, 0.25) is 0 Å². The van der Waals surface area contributed by atoms with E-state index in [2.05, 4.69) is 58.5 Å². The van der Waals surface area contributed by atoms with Crippen molar-refractivity contribution in [3.8, 4) is 0 Å². The molecular weight excluding hydrogens is 398 g/mol. The summed E-state index contributed by atoms with van der Waals surface area (Å²) in [5, 5.41) is 3.45. The van der Waals surface area contributed by atoms with Gasteiger partial charge in [-0.2, -0.15) is 0 Å². The number of benzene rings is 1. The molecule has 0 amide bonds. The highest BCUT2D eigenvalue weighted by atomic mass is 16.1. The summed E-state index contributed by atoms with van der Waals surface area (Å²) in [7, 11) is 0. The third kappa shape index (κ3) is 7.38. The molecule has 0 unspecified atom stereocenters. The molecule has 32 heavy (non-hydrogen) atoms. The van der Waals surface area contributed by atoms with E-state index in [-0.39, 0.29) is 5.56 Å². The van der Waals surface area contributed by atoms with Crippen molar-refractivity contribution in [2.24, 2.45) is 4.99 Å². The van der Waals surface area contributed by atoms with Gasteiger partial charge < -0.3 is 14.8 Å². The molecule has 1 aliphatic rings. The zero-order chi connectivity index (χ0) is 22.6. The summed E-state index contributed by atoms with van der Waals surface area (Å²) in [5.41, 5.74) is 2.35. The summed E-state index contributed by atoms with van der Waals surface area (Å²) in [6.07, 6.45) is 6.38. The molecule has 1 N–H and O–H groups in total. The smallest absolute Gasteiger partial charge is 0.250 e. The lowest BCUT2D eigenvalue weighted by molar-refractivity contribution is 0.194. The Labute approximate surface area is 192 Å². The third-order valence-electron chi connectivity index (χ3n) is 5.80. The fraction of sp³-hybridized carbons (Fsp3) is 0.462. The number of nitrogens with one attached hydrogen (secondary N) is 1. The van der Waals surface area contributed by atoms with Gasteiger partial charge >= 0.3 is 0 Å². The second-order valence-electron chi connectivity index (χ2n) is 8.20. The van der Waals surface area contributed by atoms with Crippen molar-refractivity contribution in [2.75, 3.05) is 45.8 Å². The SMILES string of the molecule is CCNC(=NCCCCn1c(C)cccc1=O)N1CCN(C/C=C/c2ccccc2)CC1. The summed E-state index contributed by atoms with van der Waals surface area (Å²) in [5.74, 6) is 1.01. The fourth-order valence-electron chi connectivity index (χ4n) is 3.95. The fourth-order valence-corrected chi connectivity index (χ4v) is 3.95. The zero-order valence-electron chi connectivity index (χ0n) is 19.5. The number of nitrogens with zero attached hydrogens (tertiary/aromatic N) is 4. The standard InChI is InChI=1S/C26H37N5O/c1-3-27-26(28-16-7-8-18-31-23(2)11-9-15-25(31)32)30-21-19-29(20-22-30)17-10-14-24-12-5-4-6-13-24/h4-6,9-15H,3,7-8,16-22H2,1-2H3,(H,27,28)/b14-10+. The van der Waals surface area contributed by atoms with Crippen LogP contribution < -0.4 is 10.9 Å². The number of unbranched alkanes of at least 4 members (excludes halogenated alkanes) is 1. The van der Waals surface area contributed by atoms with E-state index >= 15 is 0 Å². The molecule has 0 radical (unpaired) electrons. The minimum atomic E-state index is 0.0818. The van der Waals surface area contributed by atoms with E-state index in [0.29, 0.717) is 0 Å². The van der Waals surface area contributed by atoms with Crippen LogP contribution in [0.15, 0.2) is 64.4 Å². The van der Waals surface area contributed by atoms with Crippen molar-refractivity contribution >= 4 is 12.0 Å². The number of guanidine groups is 1. The van der Waals surface area contributed by atoms with Gasteiger partial charge in [-0.1, -0.05) is 48.6 Å². The number of pyridine rings is 1. The van der Waals surface area contributed by atoms with Gasteiger partial charge in [-0.3, -0.25) is 14.7 Å². The van der Waals surface area contributed by atoms with Gasteiger partial charge in [-0.25, -0.2) is 0 Å². The minimum Gasteiger partial charge on any atom is -0.357 e. The van der Waals surface area contributed by atoms with Crippen LogP contribution in [0.3, 0.4) is 0 Å². The first kappa shape index (κ1) is 23.8. The van der Waals surface area contributed by atoms with Crippen molar-refractivity contribution < 1.29 is 0 Å². The van der Waals surface area contributed by atoms with Crippen LogP contribution in [0, 0.1) is 6.92 Å². The monoisotopic (exact) mass is 435 g/mol. The molecule has 0 saturated carbocycles. The Balaban J connectivity index is 1.41. The highest BCUT2D eigenvalue weighted by molar-refractivity contribution is 5.80. The van der Waals surface area contributed by atoms with E-state index in [4.69, 9.17) is 4.99 Å². The number of aliphatic imine (C=N–C) groups is 1. The van der Waals surface area contributed by atoms with Gasteiger partial charge in [-0.15, -0.1) is 0 Å². The lowest BCUT2D eigenvalue weighted by Gasteiger charge is -2.36. The van der Waals surface area contributed by atoms with Crippen LogP contribution in [0.1, 0.15) is 31.0 Å². The van der Waals surface area contributed by atoms with Crippen molar-refractivity contribution in [3.63, 3.8) is 0 Å². The molecule has 1 fully saturated rings. The number of aromatic nitrogens is 1. The Kier molecular flexibility index (Phi) is 9.57. The van der Waals surface area contributed by atoms with E-state index in [1.54, 1.807) is 6.07 Å². The number of rotatable bonds is 9. The maximum atomic E-state index is 12.0. The topological polar surface area (TPSA) is 52.9 Å². The highest BCUT2D eigenvalue weighted by Gasteiger charge is 2.18. The Morgan fingerprint density at radius 3 is 2.53 bits per heavy atom. The molecule has 2 aromatic rings.